The van der Waals surface area contributed by atoms with E-state index in [2.05, 4.69) is 4.98 Å². The van der Waals surface area contributed by atoms with Crippen molar-refractivity contribution >= 4 is 28.6 Å². The molecule has 1 amide bonds. The monoisotopic (exact) mass is 386 g/mol. The van der Waals surface area contributed by atoms with E-state index < -0.39 is 0 Å². The molecule has 27 heavy (non-hydrogen) atoms. The molecule has 1 aromatic heterocycles. The van der Waals surface area contributed by atoms with Crippen LogP contribution in [0.15, 0.2) is 30.3 Å². The molecule has 5 nitrogen and oxygen atoms in total. The molecular weight excluding hydrogens is 360 g/mol. The topological polar surface area (TPSA) is 54.6 Å². The molecule has 4 heterocycles. The lowest BCUT2D eigenvalue weighted by molar-refractivity contribution is -0.0118. The van der Waals surface area contributed by atoms with Gasteiger partial charge in [0.2, 0.25) is 0 Å². The van der Waals surface area contributed by atoms with Crippen molar-refractivity contribution in [1.82, 2.24) is 9.88 Å². The van der Waals surface area contributed by atoms with E-state index in [-0.39, 0.29) is 10.7 Å². The first-order valence-electron chi connectivity index (χ1n) is 9.91. The fraction of sp³-hybridized carbons (Fsp3) is 0.571. The number of nitrogens with zero attached hydrogens (tertiary/aromatic N) is 1. The fourth-order valence-corrected chi connectivity index (χ4v) is 6.02. The van der Waals surface area contributed by atoms with Gasteiger partial charge in [-0.15, -0.1) is 11.8 Å². The quantitative estimate of drug-likeness (QED) is 0.876. The van der Waals surface area contributed by atoms with Crippen LogP contribution in [-0.4, -0.2) is 65.3 Å². The van der Waals surface area contributed by atoms with Gasteiger partial charge in [0, 0.05) is 49.6 Å². The van der Waals surface area contributed by atoms with Gasteiger partial charge in [0.05, 0.1) is 10.9 Å². The van der Waals surface area contributed by atoms with E-state index in [1.54, 1.807) is 0 Å². The number of nitrogens with one attached hydrogen (secondary N) is 1. The zero-order chi connectivity index (χ0) is 18.3. The van der Waals surface area contributed by atoms with Crippen molar-refractivity contribution in [2.45, 2.75) is 30.1 Å². The van der Waals surface area contributed by atoms with Gasteiger partial charge in [-0.25, -0.2) is 0 Å². The molecule has 0 aliphatic carbocycles. The van der Waals surface area contributed by atoms with Crippen molar-refractivity contribution in [3.05, 3.63) is 36.0 Å². The highest BCUT2D eigenvalue weighted by Crippen LogP contribution is 2.46. The number of rotatable bonds is 4. The van der Waals surface area contributed by atoms with Crippen molar-refractivity contribution in [1.29, 1.82) is 0 Å². The standard InChI is InChI=1S/C21H26N2O3S/c24-20(19-9-16-3-1-2-4-18(16)22-19)23-13-21(14-23)10-17(12-27-21)26-11-15-5-7-25-8-6-15/h1-4,9,15,17,22H,5-8,10-14H2. The van der Waals surface area contributed by atoms with Gasteiger partial charge in [-0.05, 0) is 37.3 Å². The van der Waals surface area contributed by atoms with E-state index in [9.17, 15) is 4.79 Å². The van der Waals surface area contributed by atoms with Gasteiger partial charge in [0.1, 0.15) is 5.69 Å². The molecule has 0 bridgehead atoms. The van der Waals surface area contributed by atoms with E-state index in [1.165, 1.54) is 0 Å². The SMILES string of the molecule is O=C(c1cc2ccccc2[nH]1)N1CC2(CC(OCC3CCOCC3)CS2)C1. The lowest BCUT2D eigenvalue weighted by Crippen LogP contribution is -2.60. The number of aromatic nitrogens is 1. The maximum absolute atomic E-state index is 12.8. The van der Waals surface area contributed by atoms with Crippen LogP contribution in [0.2, 0.25) is 0 Å². The number of carbonyl (C=O) groups is 1. The van der Waals surface area contributed by atoms with Crippen LogP contribution in [0.5, 0.6) is 0 Å². The number of likely N-dealkylation sites (tertiary alicyclic amines) is 1. The Bertz CT molecular complexity index is 791. The Morgan fingerprint density at radius 1 is 1.30 bits per heavy atom. The summed E-state index contributed by atoms with van der Waals surface area (Å²) in [7, 11) is 0. The molecule has 0 radical (unpaired) electrons. The second-order valence-electron chi connectivity index (χ2n) is 8.14. The third-order valence-electron chi connectivity index (χ3n) is 6.09. The van der Waals surface area contributed by atoms with Crippen molar-refractivity contribution in [3.8, 4) is 0 Å². The van der Waals surface area contributed by atoms with E-state index >= 15 is 0 Å². The van der Waals surface area contributed by atoms with Crippen molar-refractivity contribution in [2.24, 2.45) is 5.92 Å². The molecule has 3 fully saturated rings. The summed E-state index contributed by atoms with van der Waals surface area (Å²) >= 11 is 1.99. The Hall–Kier alpha value is -1.50. The molecule has 3 aliphatic heterocycles. The van der Waals surface area contributed by atoms with Crippen LogP contribution in [0.1, 0.15) is 29.8 Å². The maximum atomic E-state index is 12.8. The van der Waals surface area contributed by atoms with Gasteiger partial charge in [-0.3, -0.25) is 4.79 Å². The van der Waals surface area contributed by atoms with Crippen LogP contribution in [0.25, 0.3) is 10.9 Å². The first-order valence-corrected chi connectivity index (χ1v) is 10.9. The summed E-state index contributed by atoms with van der Waals surface area (Å²) in [6, 6.07) is 9.99. The molecule has 2 aromatic rings. The predicted octanol–water partition coefficient (Wildman–Crippen LogP) is 3.31. The highest BCUT2D eigenvalue weighted by molar-refractivity contribution is 8.01. The van der Waals surface area contributed by atoms with Gasteiger partial charge in [0.25, 0.3) is 5.91 Å². The Morgan fingerprint density at radius 3 is 2.93 bits per heavy atom. The maximum Gasteiger partial charge on any atom is 0.270 e. The van der Waals surface area contributed by atoms with Gasteiger partial charge in [0.15, 0.2) is 0 Å². The van der Waals surface area contributed by atoms with Crippen molar-refractivity contribution in [3.63, 3.8) is 0 Å². The molecule has 1 atom stereocenters. The first-order chi connectivity index (χ1) is 13.2. The largest absolute Gasteiger partial charge is 0.381 e. The Labute approximate surface area is 163 Å². The zero-order valence-corrected chi connectivity index (χ0v) is 16.3. The van der Waals surface area contributed by atoms with E-state index in [1.807, 2.05) is 47.0 Å². The van der Waals surface area contributed by atoms with Crippen molar-refractivity contribution < 1.29 is 14.3 Å². The average Bonchev–Trinajstić information content (AvgIpc) is 3.30. The van der Waals surface area contributed by atoms with Crippen LogP contribution < -0.4 is 0 Å². The minimum absolute atomic E-state index is 0.115. The van der Waals surface area contributed by atoms with Crippen LogP contribution in [0.4, 0.5) is 0 Å². The van der Waals surface area contributed by atoms with E-state index in [0.29, 0.717) is 17.7 Å². The minimum Gasteiger partial charge on any atom is -0.381 e. The number of hydrogen-bond acceptors (Lipinski definition) is 4. The summed E-state index contributed by atoms with van der Waals surface area (Å²) in [5.41, 5.74) is 1.72. The number of para-hydroxylation sites is 1. The van der Waals surface area contributed by atoms with Crippen LogP contribution >= 0.6 is 11.8 Å². The predicted molar refractivity (Wildman–Crippen MR) is 107 cm³/mol. The molecule has 6 heteroatoms. The number of ether oxygens (including phenoxy) is 2. The molecular formula is C21H26N2O3S. The lowest BCUT2D eigenvalue weighted by atomic mass is 9.92. The van der Waals surface area contributed by atoms with E-state index in [4.69, 9.17) is 9.47 Å². The van der Waals surface area contributed by atoms with Gasteiger partial charge >= 0.3 is 0 Å². The van der Waals surface area contributed by atoms with Crippen LogP contribution in [0.3, 0.4) is 0 Å². The molecule has 0 saturated carbocycles. The lowest BCUT2D eigenvalue weighted by Gasteiger charge is -2.47. The summed E-state index contributed by atoms with van der Waals surface area (Å²) in [5, 5.41) is 1.09. The zero-order valence-electron chi connectivity index (χ0n) is 15.5. The molecule has 144 valence electrons. The molecule has 3 saturated heterocycles. The molecule has 1 spiro atoms. The number of H-pyrrole nitrogens is 1. The Kier molecular flexibility index (Phi) is 4.66. The number of aromatic amines is 1. The van der Waals surface area contributed by atoms with Crippen molar-refractivity contribution in [2.75, 3.05) is 38.7 Å². The smallest absolute Gasteiger partial charge is 0.270 e. The summed E-state index contributed by atoms with van der Waals surface area (Å²) < 4.78 is 11.8. The normalized spacial score (nSPS) is 25.2. The third-order valence-corrected chi connectivity index (χ3v) is 7.66. The van der Waals surface area contributed by atoms with Crippen LogP contribution in [0, 0.1) is 5.92 Å². The number of benzene rings is 1. The second-order valence-corrected chi connectivity index (χ2v) is 9.63. The summed E-state index contributed by atoms with van der Waals surface area (Å²) in [4.78, 5) is 18.0. The van der Waals surface area contributed by atoms with Crippen LogP contribution in [-0.2, 0) is 9.47 Å². The minimum atomic E-state index is 0.115. The number of hydrogen-bond donors (Lipinski definition) is 1. The average molecular weight is 387 g/mol. The molecule has 3 aliphatic rings. The third kappa shape index (κ3) is 3.50. The molecule has 1 aromatic carbocycles. The number of thioether (sulfide) groups is 1. The van der Waals surface area contributed by atoms with Gasteiger partial charge in [-0.2, -0.15) is 0 Å². The molecule has 1 unspecified atom stereocenters. The Morgan fingerprint density at radius 2 is 2.11 bits per heavy atom. The Balaban J connectivity index is 1.14. The highest BCUT2D eigenvalue weighted by atomic mass is 32.2. The number of amides is 1. The molecule has 1 N–H and O–H groups in total. The van der Waals surface area contributed by atoms with Gasteiger partial charge < -0.3 is 19.4 Å². The summed E-state index contributed by atoms with van der Waals surface area (Å²) in [5.74, 6) is 1.82. The second kappa shape index (κ2) is 7.15. The number of carbonyl (C=O) groups excluding carboxylic acids is 1. The summed E-state index contributed by atoms with van der Waals surface area (Å²) in [6.45, 7) is 4.29. The van der Waals surface area contributed by atoms with E-state index in [0.717, 1.165) is 68.8 Å². The number of fused-ring (bicyclic) bond motifs is 1. The molecule has 5 rings (SSSR count). The fourth-order valence-electron chi connectivity index (χ4n) is 4.47. The summed E-state index contributed by atoms with van der Waals surface area (Å²) in [6.07, 6.45) is 3.65. The van der Waals surface area contributed by atoms with Gasteiger partial charge in [-0.1, -0.05) is 18.2 Å². The first kappa shape index (κ1) is 17.6. The highest BCUT2D eigenvalue weighted by Gasteiger charge is 2.51.